The Labute approximate surface area is 161 Å². The Balaban J connectivity index is 1.78. The number of aliphatic imine (C=N–C) groups is 1. The molecule has 1 N–H and O–H groups in total. The van der Waals surface area contributed by atoms with Crippen molar-refractivity contribution < 1.29 is 4.39 Å². The van der Waals surface area contributed by atoms with E-state index in [0.29, 0.717) is 13.0 Å². The lowest BCUT2D eigenvalue weighted by Gasteiger charge is -2.12. The van der Waals surface area contributed by atoms with Crippen molar-refractivity contribution in [3.63, 3.8) is 0 Å². The summed E-state index contributed by atoms with van der Waals surface area (Å²) in [5.41, 5.74) is 4.35. The smallest absolute Gasteiger partial charge is 0.137 e. The summed E-state index contributed by atoms with van der Waals surface area (Å²) in [6.45, 7) is 0.664. The molecule has 3 aromatic rings. The molecule has 3 aromatic heterocycles. The Morgan fingerprint density at radius 1 is 1.18 bits per heavy atom. The van der Waals surface area contributed by atoms with Gasteiger partial charge in [0.2, 0.25) is 0 Å². The largest absolute Gasteiger partial charge is 0.346 e. The number of allylic oxidation sites excluding steroid dienone is 4. The Hall–Kier alpha value is -3.54. The first-order valence-corrected chi connectivity index (χ1v) is 9.20. The fourth-order valence-corrected chi connectivity index (χ4v) is 3.71. The molecule has 2 aliphatic rings. The highest BCUT2D eigenvalue weighted by atomic mass is 19.1. The second-order valence-corrected chi connectivity index (χ2v) is 6.82. The molecule has 28 heavy (non-hydrogen) atoms. The zero-order valence-corrected chi connectivity index (χ0v) is 15.1. The average molecular weight is 371 g/mol. The minimum absolute atomic E-state index is 0.203. The second-order valence-electron chi connectivity index (χ2n) is 6.82. The van der Waals surface area contributed by atoms with Crippen molar-refractivity contribution in [2.24, 2.45) is 4.99 Å². The van der Waals surface area contributed by atoms with Gasteiger partial charge in [0.1, 0.15) is 11.6 Å². The molecule has 1 aliphatic heterocycles. The lowest BCUT2D eigenvalue weighted by molar-refractivity contribution is 0.661. The molecular weight excluding hydrogens is 353 g/mol. The maximum Gasteiger partial charge on any atom is 0.137 e. The van der Waals surface area contributed by atoms with Crippen LogP contribution in [0.1, 0.15) is 24.0 Å². The third kappa shape index (κ3) is 2.93. The summed E-state index contributed by atoms with van der Waals surface area (Å²) in [7, 11) is 0. The first kappa shape index (κ1) is 16.6. The molecule has 0 amide bonds. The number of rotatable bonds is 2. The van der Waals surface area contributed by atoms with Gasteiger partial charge < -0.3 is 9.55 Å². The van der Waals surface area contributed by atoms with Gasteiger partial charge in [0.15, 0.2) is 0 Å². The first-order valence-electron chi connectivity index (χ1n) is 9.20. The van der Waals surface area contributed by atoms with Crippen molar-refractivity contribution in [1.29, 1.82) is 0 Å². The molecule has 0 radical (unpaired) electrons. The monoisotopic (exact) mass is 371 g/mol. The highest BCUT2D eigenvalue weighted by Crippen LogP contribution is 2.28. The van der Waals surface area contributed by atoms with Crippen LogP contribution >= 0.6 is 0 Å². The van der Waals surface area contributed by atoms with Crippen LogP contribution in [0.3, 0.4) is 0 Å². The van der Waals surface area contributed by atoms with Crippen LogP contribution in [0, 0.1) is 0 Å². The average Bonchev–Trinajstić information content (AvgIpc) is 3.36. The molecular formula is C22H18FN5. The van der Waals surface area contributed by atoms with Gasteiger partial charge in [0.05, 0.1) is 23.6 Å². The fraction of sp³-hybridized carbons (Fsp3) is 0.136. The minimum Gasteiger partial charge on any atom is -0.346 e. The van der Waals surface area contributed by atoms with E-state index >= 15 is 0 Å². The van der Waals surface area contributed by atoms with Crippen LogP contribution in [-0.4, -0.2) is 25.7 Å². The van der Waals surface area contributed by atoms with Crippen LogP contribution in [0.4, 0.5) is 10.2 Å². The highest BCUT2D eigenvalue weighted by molar-refractivity contribution is 5.88. The van der Waals surface area contributed by atoms with Crippen molar-refractivity contribution in [1.82, 2.24) is 19.5 Å². The predicted molar refractivity (Wildman–Crippen MR) is 107 cm³/mol. The van der Waals surface area contributed by atoms with E-state index in [4.69, 9.17) is 4.98 Å². The van der Waals surface area contributed by atoms with Crippen molar-refractivity contribution in [2.75, 3.05) is 0 Å². The number of aromatic amines is 1. The van der Waals surface area contributed by atoms with E-state index < -0.39 is 0 Å². The van der Waals surface area contributed by atoms with Gasteiger partial charge in [-0.15, -0.1) is 0 Å². The number of nitrogens with one attached hydrogen (secondary N) is 1. The zero-order chi connectivity index (χ0) is 18.9. The quantitative estimate of drug-likeness (QED) is 0.753. The van der Waals surface area contributed by atoms with Crippen LogP contribution in [0.5, 0.6) is 0 Å². The molecule has 0 spiro atoms. The maximum atomic E-state index is 13.5. The van der Waals surface area contributed by atoms with Gasteiger partial charge in [0, 0.05) is 36.8 Å². The number of fused-ring (bicyclic) bond motifs is 1. The number of aromatic nitrogens is 4. The first-order chi connectivity index (χ1) is 13.8. The third-order valence-electron chi connectivity index (χ3n) is 5.03. The molecule has 0 atom stereocenters. The van der Waals surface area contributed by atoms with Crippen LogP contribution in [0.15, 0.2) is 72.2 Å². The Morgan fingerprint density at radius 3 is 2.96 bits per heavy atom. The van der Waals surface area contributed by atoms with Gasteiger partial charge in [-0.2, -0.15) is 0 Å². The van der Waals surface area contributed by atoms with Crippen LogP contribution < -0.4 is 10.7 Å². The summed E-state index contributed by atoms with van der Waals surface area (Å²) in [6.07, 6.45) is 15.5. The van der Waals surface area contributed by atoms with Crippen molar-refractivity contribution >= 4 is 23.2 Å². The lowest BCUT2D eigenvalue weighted by Crippen LogP contribution is -2.35. The number of hydrogen-bond acceptors (Lipinski definition) is 3. The molecule has 0 bridgehead atoms. The topological polar surface area (TPSA) is 58.9 Å². The molecule has 1 aliphatic carbocycles. The van der Waals surface area contributed by atoms with Gasteiger partial charge in [-0.3, -0.25) is 4.98 Å². The van der Waals surface area contributed by atoms with Gasteiger partial charge in [0.25, 0.3) is 0 Å². The normalized spacial score (nSPS) is 19.5. The molecule has 138 valence electrons. The molecule has 4 heterocycles. The summed E-state index contributed by atoms with van der Waals surface area (Å²) < 4.78 is 15.6. The zero-order valence-electron chi connectivity index (χ0n) is 15.1. The molecule has 0 saturated carbocycles. The van der Waals surface area contributed by atoms with Gasteiger partial charge in [-0.25, -0.2) is 14.4 Å². The summed E-state index contributed by atoms with van der Waals surface area (Å²) in [5, 5.41) is 1.94. The number of nitrogens with zero attached hydrogens (tertiary/aromatic N) is 4. The molecule has 5 rings (SSSR count). The van der Waals surface area contributed by atoms with E-state index in [9.17, 15) is 4.39 Å². The van der Waals surface area contributed by atoms with Crippen molar-refractivity contribution in [3.05, 3.63) is 89.0 Å². The van der Waals surface area contributed by atoms with Crippen LogP contribution in [-0.2, 0) is 6.54 Å². The van der Waals surface area contributed by atoms with Crippen molar-refractivity contribution in [2.45, 2.75) is 19.4 Å². The molecule has 5 nitrogen and oxygen atoms in total. The van der Waals surface area contributed by atoms with E-state index in [1.54, 1.807) is 12.3 Å². The molecule has 0 fully saturated rings. The summed E-state index contributed by atoms with van der Waals surface area (Å²) >= 11 is 0. The molecule has 0 saturated heterocycles. The SMILES string of the molecule is FC1=CCC(=c2ncn(Cc3cccnc3)c2=C2CC=Nc3[nH]ccc32)C=C1. The summed E-state index contributed by atoms with van der Waals surface area (Å²) in [5.74, 6) is 0.655. The van der Waals surface area contributed by atoms with E-state index in [1.807, 2.05) is 43.1 Å². The van der Waals surface area contributed by atoms with E-state index in [-0.39, 0.29) is 5.83 Å². The van der Waals surface area contributed by atoms with E-state index in [2.05, 4.69) is 25.6 Å². The number of H-pyrrole nitrogens is 1. The number of imidazole rings is 1. The maximum absolute atomic E-state index is 13.5. The highest BCUT2D eigenvalue weighted by Gasteiger charge is 2.17. The number of hydrogen-bond donors (Lipinski definition) is 1. The number of pyridine rings is 1. The Bertz CT molecular complexity index is 1240. The van der Waals surface area contributed by atoms with Gasteiger partial charge in [-0.1, -0.05) is 12.1 Å². The van der Waals surface area contributed by atoms with Gasteiger partial charge in [-0.05, 0) is 47.4 Å². The Morgan fingerprint density at radius 2 is 2.14 bits per heavy atom. The van der Waals surface area contributed by atoms with Gasteiger partial charge >= 0.3 is 0 Å². The van der Waals surface area contributed by atoms with Crippen LogP contribution in [0.2, 0.25) is 0 Å². The summed E-state index contributed by atoms with van der Waals surface area (Å²) in [4.78, 5) is 16.6. The molecule has 0 unspecified atom stereocenters. The number of halogens is 1. The second kappa shape index (κ2) is 6.88. The molecule has 0 aromatic carbocycles. The third-order valence-corrected chi connectivity index (χ3v) is 5.03. The predicted octanol–water partition coefficient (Wildman–Crippen LogP) is 2.92. The summed E-state index contributed by atoms with van der Waals surface area (Å²) in [6, 6.07) is 6.04. The van der Waals surface area contributed by atoms with E-state index in [0.717, 1.165) is 39.6 Å². The minimum atomic E-state index is -0.203. The van der Waals surface area contributed by atoms with Crippen molar-refractivity contribution in [3.8, 4) is 0 Å². The Kier molecular flexibility index (Phi) is 4.09. The standard InChI is InChI=1S/C22H18FN5/c23-17-5-3-16(4-6-17)20-21(18-7-10-25-22-19(18)8-11-26-22)28(14-27-20)13-15-2-1-9-24-12-15/h1-3,5-6,8-12,14,26H,4,7,13H2. The van der Waals surface area contributed by atoms with Crippen LogP contribution in [0.25, 0.3) is 11.1 Å². The fourth-order valence-electron chi connectivity index (χ4n) is 3.71. The lowest BCUT2D eigenvalue weighted by atomic mass is 10.0. The van der Waals surface area contributed by atoms with E-state index in [1.165, 1.54) is 11.6 Å². The molecule has 6 heteroatoms.